The number of nitrogens with zero attached hydrogens (tertiary/aromatic N) is 2. The number of aliphatic hydroxyl groups is 1. The number of hydrogen-bond donors (Lipinski definition) is 3. The molecule has 2 unspecified atom stereocenters. The fraction of sp³-hybridized carbons (Fsp3) is 0.786. The van der Waals surface area contributed by atoms with Crippen LogP contribution < -0.4 is 11.1 Å². The molecule has 0 saturated heterocycles. The van der Waals surface area contributed by atoms with Crippen LogP contribution in [0.4, 0.5) is 11.5 Å². The average Bonchev–Trinajstić information content (AvgIpc) is 2.92. The van der Waals surface area contributed by atoms with Crippen LogP contribution in [0.25, 0.3) is 0 Å². The molecular weight excluding hydrogens is 240 g/mol. The Balaban J connectivity index is 2.03. The zero-order valence-corrected chi connectivity index (χ0v) is 12.2. The van der Waals surface area contributed by atoms with Crippen LogP contribution in [-0.2, 0) is 7.05 Å². The second-order valence-electron chi connectivity index (χ2n) is 5.94. The Morgan fingerprint density at radius 2 is 2.11 bits per heavy atom. The second-order valence-corrected chi connectivity index (χ2v) is 5.94. The number of hydrogen-bond acceptors (Lipinski definition) is 4. The maximum Gasteiger partial charge on any atom is 0.147 e. The number of nitrogens with one attached hydrogen (secondary N) is 1. The van der Waals surface area contributed by atoms with Crippen LogP contribution in [0.2, 0.25) is 0 Å². The molecule has 5 nitrogen and oxygen atoms in total. The lowest BCUT2D eigenvalue weighted by molar-refractivity contribution is 0.199. The molecule has 0 radical (unpaired) electrons. The van der Waals surface area contributed by atoms with Gasteiger partial charge < -0.3 is 16.2 Å². The highest BCUT2D eigenvalue weighted by Gasteiger charge is 2.27. The van der Waals surface area contributed by atoms with E-state index in [4.69, 9.17) is 5.73 Å². The van der Waals surface area contributed by atoms with Gasteiger partial charge in [-0.1, -0.05) is 20.3 Å². The predicted molar refractivity (Wildman–Crippen MR) is 78.1 cm³/mol. The largest absolute Gasteiger partial charge is 0.396 e. The van der Waals surface area contributed by atoms with E-state index < -0.39 is 0 Å². The maximum absolute atomic E-state index is 9.35. The van der Waals surface area contributed by atoms with Crippen molar-refractivity contribution in [2.75, 3.05) is 24.2 Å². The van der Waals surface area contributed by atoms with E-state index in [-0.39, 0.29) is 0 Å². The number of aliphatic hydroxyl groups excluding tert-OH is 1. The topological polar surface area (TPSA) is 76.1 Å². The molecule has 2 rings (SSSR count). The zero-order valence-electron chi connectivity index (χ0n) is 12.2. The normalized spacial score (nSPS) is 23.2. The minimum Gasteiger partial charge on any atom is -0.396 e. The summed E-state index contributed by atoms with van der Waals surface area (Å²) in [6.07, 6.45) is 3.55. The van der Waals surface area contributed by atoms with Crippen LogP contribution in [0.15, 0.2) is 0 Å². The maximum atomic E-state index is 9.35. The van der Waals surface area contributed by atoms with Gasteiger partial charge in [-0.2, -0.15) is 5.10 Å². The fourth-order valence-corrected chi connectivity index (χ4v) is 3.05. The highest BCUT2D eigenvalue weighted by Crippen LogP contribution is 2.33. The van der Waals surface area contributed by atoms with Crippen LogP contribution in [-0.4, -0.2) is 28.0 Å². The molecule has 1 aliphatic rings. The van der Waals surface area contributed by atoms with E-state index in [1.54, 1.807) is 0 Å². The Labute approximate surface area is 115 Å². The summed E-state index contributed by atoms with van der Waals surface area (Å²) in [4.78, 5) is 0. The quantitative estimate of drug-likeness (QED) is 0.761. The van der Waals surface area contributed by atoms with Crippen LogP contribution >= 0.6 is 0 Å². The van der Waals surface area contributed by atoms with Crippen molar-refractivity contribution in [3.05, 3.63) is 5.69 Å². The summed E-state index contributed by atoms with van der Waals surface area (Å²) >= 11 is 0. The molecule has 1 fully saturated rings. The molecule has 1 heterocycles. The summed E-state index contributed by atoms with van der Waals surface area (Å²) in [5, 5.41) is 17.3. The second kappa shape index (κ2) is 5.82. The van der Waals surface area contributed by atoms with Gasteiger partial charge in [0.2, 0.25) is 0 Å². The van der Waals surface area contributed by atoms with E-state index >= 15 is 0 Å². The van der Waals surface area contributed by atoms with Crippen molar-refractivity contribution in [1.29, 1.82) is 0 Å². The molecule has 0 amide bonds. The third-order valence-electron chi connectivity index (χ3n) is 4.24. The first-order valence-corrected chi connectivity index (χ1v) is 7.21. The van der Waals surface area contributed by atoms with Crippen molar-refractivity contribution in [2.24, 2.45) is 18.9 Å². The van der Waals surface area contributed by atoms with E-state index in [1.165, 1.54) is 12.8 Å². The molecule has 5 heteroatoms. The minimum absolute atomic E-state index is 0.296. The van der Waals surface area contributed by atoms with E-state index in [9.17, 15) is 5.11 Å². The highest BCUT2D eigenvalue weighted by atomic mass is 16.3. The number of aryl methyl sites for hydroxylation is 1. The first kappa shape index (κ1) is 14.2. The summed E-state index contributed by atoms with van der Waals surface area (Å²) in [7, 11) is 1.92. The lowest BCUT2D eigenvalue weighted by atomic mass is 9.97. The number of rotatable bonds is 5. The standard InChI is InChI=1S/C14H26N4O/c1-9(2)13-12(15)14(18(3)17-13)16-7-10-5-4-6-11(10)8-19/h9-11,16,19H,4-8,15H2,1-3H3. The van der Waals surface area contributed by atoms with E-state index in [0.717, 1.165) is 30.2 Å². The fourth-order valence-electron chi connectivity index (χ4n) is 3.05. The summed E-state index contributed by atoms with van der Waals surface area (Å²) in [6.45, 7) is 5.36. The number of nitrogen functional groups attached to an aromatic ring is 1. The Morgan fingerprint density at radius 1 is 1.42 bits per heavy atom. The SMILES string of the molecule is CC(C)c1nn(C)c(NCC2CCCC2CO)c1N. The first-order chi connectivity index (χ1) is 9.04. The van der Waals surface area contributed by atoms with Crippen LogP contribution in [0.5, 0.6) is 0 Å². The van der Waals surface area contributed by atoms with Gasteiger partial charge in [-0.05, 0) is 30.6 Å². The van der Waals surface area contributed by atoms with E-state index in [2.05, 4.69) is 24.3 Å². The monoisotopic (exact) mass is 266 g/mol. The number of nitrogens with two attached hydrogens (primary N) is 1. The Hall–Kier alpha value is -1.23. The summed E-state index contributed by atoms with van der Waals surface area (Å²) in [5.74, 6) is 2.22. The molecule has 1 aliphatic carbocycles. The molecule has 2 atom stereocenters. The number of aromatic nitrogens is 2. The van der Waals surface area contributed by atoms with Gasteiger partial charge in [0.15, 0.2) is 0 Å². The van der Waals surface area contributed by atoms with Gasteiger partial charge >= 0.3 is 0 Å². The molecule has 1 aromatic heterocycles. The van der Waals surface area contributed by atoms with Gasteiger partial charge in [0.1, 0.15) is 5.82 Å². The van der Waals surface area contributed by atoms with Crippen LogP contribution in [0.3, 0.4) is 0 Å². The van der Waals surface area contributed by atoms with Crippen molar-refractivity contribution in [3.8, 4) is 0 Å². The molecule has 4 N–H and O–H groups in total. The summed E-state index contributed by atoms with van der Waals surface area (Å²) in [6, 6.07) is 0. The molecule has 0 bridgehead atoms. The summed E-state index contributed by atoms with van der Waals surface area (Å²) in [5.41, 5.74) is 7.88. The molecule has 0 aliphatic heterocycles. The van der Waals surface area contributed by atoms with Crippen molar-refractivity contribution in [1.82, 2.24) is 9.78 Å². The number of anilines is 2. The third-order valence-corrected chi connectivity index (χ3v) is 4.24. The lowest BCUT2D eigenvalue weighted by Gasteiger charge is -2.18. The van der Waals surface area contributed by atoms with Crippen LogP contribution in [0, 0.1) is 11.8 Å². The highest BCUT2D eigenvalue weighted by molar-refractivity contribution is 5.65. The van der Waals surface area contributed by atoms with Crippen LogP contribution in [0.1, 0.15) is 44.7 Å². The van der Waals surface area contributed by atoms with Gasteiger partial charge in [0.25, 0.3) is 0 Å². The molecular formula is C14H26N4O. The Kier molecular flexibility index (Phi) is 4.34. The van der Waals surface area contributed by atoms with Crippen molar-refractivity contribution >= 4 is 11.5 Å². The predicted octanol–water partition coefficient (Wildman–Crippen LogP) is 1.95. The van der Waals surface area contributed by atoms with E-state index in [1.807, 2.05) is 11.7 Å². The molecule has 0 spiro atoms. The van der Waals surface area contributed by atoms with Gasteiger partial charge in [-0.25, -0.2) is 0 Å². The Bertz CT molecular complexity index is 427. The van der Waals surface area contributed by atoms with Gasteiger partial charge in [0, 0.05) is 20.2 Å². The third kappa shape index (κ3) is 2.86. The van der Waals surface area contributed by atoms with Crippen molar-refractivity contribution in [2.45, 2.75) is 39.0 Å². The van der Waals surface area contributed by atoms with Crippen molar-refractivity contribution < 1.29 is 5.11 Å². The minimum atomic E-state index is 0.296. The molecule has 1 saturated carbocycles. The molecule has 1 aromatic rings. The lowest BCUT2D eigenvalue weighted by Crippen LogP contribution is -2.22. The summed E-state index contributed by atoms with van der Waals surface area (Å²) < 4.78 is 1.83. The zero-order chi connectivity index (χ0) is 14.0. The van der Waals surface area contributed by atoms with Crippen molar-refractivity contribution in [3.63, 3.8) is 0 Å². The smallest absolute Gasteiger partial charge is 0.147 e. The molecule has 0 aromatic carbocycles. The first-order valence-electron chi connectivity index (χ1n) is 7.21. The molecule has 108 valence electrons. The Morgan fingerprint density at radius 3 is 2.68 bits per heavy atom. The molecule has 19 heavy (non-hydrogen) atoms. The van der Waals surface area contributed by atoms with E-state index in [0.29, 0.717) is 24.4 Å². The average molecular weight is 266 g/mol. The van der Waals surface area contributed by atoms with Gasteiger partial charge in [-0.15, -0.1) is 0 Å². The van der Waals surface area contributed by atoms with Gasteiger partial charge in [-0.3, -0.25) is 4.68 Å². The van der Waals surface area contributed by atoms with Gasteiger partial charge in [0.05, 0.1) is 11.4 Å².